The van der Waals surface area contributed by atoms with Crippen molar-refractivity contribution in [2.75, 3.05) is 17.8 Å². The minimum Gasteiger partial charge on any atom is -0.339 e. The summed E-state index contributed by atoms with van der Waals surface area (Å²) in [6.07, 6.45) is -2.90. The van der Waals surface area contributed by atoms with Gasteiger partial charge in [0.2, 0.25) is 0 Å². The first-order chi connectivity index (χ1) is 12.7. The Hall–Kier alpha value is -2.55. The normalized spacial score (nSPS) is 15.0. The van der Waals surface area contributed by atoms with Crippen molar-refractivity contribution >= 4 is 21.6 Å². The molecule has 1 N–H and O–H groups in total. The second-order valence-electron chi connectivity index (χ2n) is 6.18. The van der Waals surface area contributed by atoms with Crippen LogP contribution in [-0.2, 0) is 16.2 Å². The van der Waals surface area contributed by atoms with E-state index < -0.39 is 26.7 Å². The van der Waals surface area contributed by atoms with E-state index in [4.69, 9.17) is 0 Å². The molecule has 0 aliphatic carbocycles. The van der Waals surface area contributed by atoms with Gasteiger partial charge >= 0.3 is 6.18 Å². The Kier molecular flexibility index (Phi) is 5.14. The van der Waals surface area contributed by atoms with Crippen LogP contribution >= 0.6 is 0 Å². The van der Waals surface area contributed by atoms with Gasteiger partial charge in [0.1, 0.15) is 0 Å². The number of carbonyl (C=O) groups excluding carboxylic acids is 1. The van der Waals surface area contributed by atoms with Crippen molar-refractivity contribution in [2.24, 2.45) is 0 Å². The van der Waals surface area contributed by atoms with Crippen LogP contribution in [0.5, 0.6) is 0 Å². The molecule has 1 heterocycles. The molecule has 144 valence electrons. The number of likely N-dealkylation sites (tertiary alicyclic amines) is 1. The van der Waals surface area contributed by atoms with E-state index in [-0.39, 0.29) is 11.6 Å². The van der Waals surface area contributed by atoms with Crippen LogP contribution in [0.15, 0.2) is 53.4 Å². The number of hydrogen-bond donors (Lipinski definition) is 1. The van der Waals surface area contributed by atoms with Gasteiger partial charge in [-0.15, -0.1) is 0 Å². The van der Waals surface area contributed by atoms with Gasteiger partial charge in [-0.2, -0.15) is 13.2 Å². The summed E-state index contributed by atoms with van der Waals surface area (Å²) >= 11 is 0. The average Bonchev–Trinajstić information content (AvgIpc) is 3.15. The van der Waals surface area contributed by atoms with Crippen LogP contribution in [0.4, 0.5) is 18.9 Å². The number of nitrogens with zero attached hydrogens (tertiary/aromatic N) is 1. The quantitative estimate of drug-likeness (QED) is 0.853. The standard InChI is InChI=1S/C18H17F3N2O3S/c19-18(20,21)15-5-1-2-6-16(15)27(25,26)22-14-9-7-13(8-10-14)17(24)23-11-3-4-12-23/h1-2,5-10,22H,3-4,11-12H2. The Morgan fingerprint density at radius 2 is 1.56 bits per heavy atom. The lowest BCUT2D eigenvalue weighted by Crippen LogP contribution is -2.27. The lowest BCUT2D eigenvalue weighted by atomic mass is 10.2. The molecule has 0 unspecified atom stereocenters. The third-order valence-electron chi connectivity index (χ3n) is 4.26. The Bertz CT molecular complexity index is 935. The van der Waals surface area contributed by atoms with E-state index in [9.17, 15) is 26.4 Å². The molecule has 1 amide bonds. The van der Waals surface area contributed by atoms with E-state index >= 15 is 0 Å². The number of rotatable bonds is 4. The molecular weight excluding hydrogens is 381 g/mol. The van der Waals surface area contributed by atoms with E-state index in [0.29, 0.717) is 24.7 Å². The monoisotopic (exact) mass is 398 g/mol. The predicted octanol–water partition coefficient (Wildman–Crippen LogP) is 3.74. The van der Waals surface area contributed by atoms with Crippen LogP contribution in [0, 0.1) is 0 Å². The third kappa shape index (κ3) is 4.24. The molecule has 0 saturated carbocycles. The highest BCUT2D eigenvalue weighted by molar-refractivity contribution is 7.92. The summed E-state index contributed by atoms with van der Waals surface area (Å²) in [6.45, 7) is 1.36. The van der Waals surface area contributed by atoms with Gasteiger partial charge in [-0.1, -0.05) is 12.1 Å². The number of amides is 1. The second kappa shape index (κ2) is 7.22. The van der Waals surface area contributed by atoms with Crippen molar-refractivity contribution in [3.8, 4) is 0 Å². The van der Waals surface area contributed by atoms with Gasteiger partial charge in [0, 0.05) is 24.3 Å². The average molecular weight is 398 g/mol. The van der Waals surface area contributed by atoms with E-state index in [1.54, 1.807) is 4.90 Å². The van der Waals surface area contributed by atoms with Crippen molar-refractivity contribution < 1.29 is 26.4 Å². The zero-order valence-electron chi connectivity index (χ0n) is 14.2. The molecule has 9 heteroatoms. The molecule has 0 aromatic heterocycles. The Morgan fingerprint density at radius 3 is 2.15 bits per heavy atom. The number of alkyl halides is 3. The summed E-state index contributed by atoms with van der Waals surface area (Å²) in [5.41, 5.74) is -0.765. The lowest BCUT2D eigenvalue weighted by Gasteiger charge is -2.16. The summed E-state index contributed by atoms with van der Waals surface area (Å²) in [7, 11) is -4.44. The van der Waals surface area contributed by atoms with Crippen LogP contribution in [0.2, 0.25) is 0 Å². The zero-order valence-corrected chi connectivity index (χ0v) is 15.0. The van der Waals surface area contributed by atoms with Crippen molar-refractivity contribution in [2.45, 2.75) is 23.9 Å². The third-order valence-corrected chi connectivity index (χ3v) is 5.70. The molecule has 0 atom stereocenters. The number of carbonyl (C=O) groups is 1. The summed E-state index contributed by atoms with van der Waals surface area (Å²) in [6, 6.07) is 9.58. The zero-order chi connectivity index (χ0) is 19.7. The van der Waals surface area contributed by atoms with E-state index in [0.717, 1.165) is 25.0 Å². The summed E-state index contributed by atoms with van der Waals surface area (Å²) in [5, 5.41) is 0. The SMILES string of the molecule is O=C(c1ccc(NS(=O)(=O)c2ccccc2C(F)(F)F)cc1)N1CCCC1. The molecule has 1 aliphatic heterocycles. The molecule has 0 bridgehead atoms. The number of hydrogen-bond acceptors (Lipinski definition) is 3. The second-order valence-corrected chi connectivity index (χ2v) is 7.83. The molecule has 0 radical (unpaired) electrons. The molecule has 2 aromatic carbocycles. The fourth-order valence-electron chi connectivity index (χ4n) is 2.93. The molecule has 1 aliphatic rings. The van der Waals surface area contributed by atoms with Crippen molar-refractivity contribution in [1.82, 2.24) is 4.90 Å². The number of anilines is 1. The fraction of sp³-hybridized carbons (Fsp3) is 0.278. The Labute approximate surface area is 154 Å². The van der Waals surface area contributed by atoms with E-state index in [1.807, 2.05) is 0 Å². The van der Waals surface area contributed by atoms with Gasteiger partial charge in [-0.05, 0) is 49.2 Å². The molecule has 1 saturated heterocycles. The number of sulfonamides is 1. The molecule has 0 spiro atoms. The van der Waals surface area contributed by atoms with Gasteiger partial charge in [-0.25, -0.2) is 8.42 Å². The number of nitrogens with one attached hydrogen (secondary N) is 1. The molecule has 2 aromatic rings. The maximum Gasteiger partial charge on any atom is 0.417 e. The molecule has 27 heavy (non-hydrogen) atoms. The predicted molar refractivity (Wildman–Crippen MR) is 93.8 cm³/mol. The topological polar surface area (TPSA) is 66.5 Å². The van der Waals surface area contributed by atoms with Crippen molar-refractivity contribution in [3.63, 3.8) is 0 Å². The van der Waals surface area contributed by atoms with Gasteiger partial charge in [0.25, 0.3) is 15.9 Å². The minimum atomic E-state index is -4.79. The Balaban J connectivity index is 1.82. The Morgan fingerprint density at radius 1 is 0.963 bits per heavy atom. The van der Waals surface area contributed by atoms with Crippen LogP contribution in [0.1, 0.15) is 28.8 Å². The summed E-state index contributed by atoms with van der Waals surface area (Å²) in [4.78, 5) is 13.1. The molecule has 5 nitrogen and oxygen atoms in total. The van der Waals surface area contributed by atoms with Gasteiger partial charge < -0.3 is 4.90 Å². The van der Waals surface area contributed by atoms with Crippen LogP contribution < -0.4 is 4.72 Å². The largest absolute Gasteiger partial charge is 0.417 e. The highest BCUT2D eigenvalue weighted by atomic mass is 32.2. The van der Waals surface area contributed by atoms with Crippen molar-refractivity contribution in [1.29, 1.82) is 0 Å². The van der Waals surface area contributed by atoms with Crippen molar-refractivity contribution in [3.05, 3.63) is 59.7 Å². The maximum absolute atomic E-state index is 13.1. The fourth-order valence-corrected chi connectivity index (χ4v) is 4.22. The number of benzene rings is 2. The first-order valence-corrected chi connectivity index (χ1v) is 9.75. The van der Waals surface area contributed by atoms with Crippen LogP contribution in [0.3, 0.4) is 0 Å². The molecular formula is C18H17F3N2O3S. The van der Waals surface area contributed by atoms with Gasteiger partial charge in [0.05, 0.1) is 10.5 Å². The smallest absolute Gasteiger partial charge is 0.339 e. The maximum atomic E-state index is 13.1. The van der Waals surface area contributed by atoms with Gasteiger partial charge in [0.15, 0.2) is 0 Å². The summed E-state index contributed by atoms with van der Waals surface area (Å²) in [5.74, 6) is -0.149. The van der Waals surface area contributed by atoms with Gasteiger partial charge in [-0.3, -0.25) is 9.52 Å². The molecule has 1 fully saturated rings. The highest BCUT2D eigenvalue weighted by Crippen LogP contribution is 2.34. The summed E-state index contributed by atoms with van der Waals surface area (Å²) < 4.78 is 66.2. The number of halogens is 3. The highest BCUT2D eigenvalue weighted by Gasteiger charge is 2.36. The first kappa shape index (κ1) is 19.2. The van der Waals surface area contributed by atoms with E-state index in [2.05, 4.69) is 4.72 Å². The van der Waals surface area contributed by atoms with Crippen LogP contribution in [0.25, 0.3) is 0 Å². The minimum absolute atomic E-state index is 0.0740. The van der Waals surface area contributed by atoms with E-state index in [1.165, 1.54) is 30.3 Å². The van der Waals surface area contributed by atoms with Crippen LogP contribution in [-0.4, -0.2) is 32.3 Å². The lowest BCUT2D eigenvalue weighted by molar-refractivity contribution is -0.139. The first-order valence-electron chi connectivity index (χ1n) is 8.27. The molecule has 3 rings (SSSR count).